The first-order valence-corrected chi connectivity index (χ1v) is 8.31. The Hall–Kier alpha value is -1.84. The first-order valence-electron chi connectivity index (χ1n) is 8.31. The Bertz CT molecular complexity index is 591. The van der Waals surface area contributed by atoms with E-state index in [1.165, 1.54) is 17.3 Å². The third-order valence-corrected chi connectivity index (χ3v) is 5.13. The Morgan fingerprint density at radius 1 is 1.43 bits per heavy atom. The number of allylic oxidation sites excluding steroid dienone is 1. The molecular weight excluding hydrogens is 289 g/mol. The van der Waals surface area contributed by atoms with Crippen LogP contribution < -0.4 is 0 Å². The molecule has 1 aliphatic rings. The van der Waals surface area contributed by atoms with Crippen LogP contribution in [0.5, 0.6) is 0 Å². The zero-order valence-electron chi connectivity index (χ0n) is 14.9. The highest BCUT2D eigenvalue weighted by Crippen LogP contribution is 2.36. The van der Waals surface area contributed by atoms with Crippen molar-refractivity contribution in [2.24, 2.45) is 5.92 Å². The van der Waals surface area contributed by atoms with Crippen molar-refractivity contribution in [2.45, 2.75) is 39.7 Å². The average Bonchev–Trinajstić information content (AvgIpc) is 2.54. The van der Waals surface area contributed by atoms with E-state index < -0.39 is 5.95 Å². The summed E-state index contributed by atoms with van der Waals surface area (Å²) in [6.07, 6.45) is 3.72. The van der Waals surface area contributed by atoms with Crippen LogP contribution in [0.3, 0.4) is 0 Å². The van der Waals surface area contributed by atoms with E-state index in [1.54, 1.807) is 6.20 Å². The van der Waals surface area contributed by atoms with E-state index >= 15 is 0 Å². The van der Waals surface area contributed by atoms with E-state index in [9.17, 15) is 4.39 Å². The molecular formula is C19H28FN3. The number of aromatic nitrogens is 1. The Balaban J connectivity index is 2.39. The Labute approximate surface area is 139 Å². The summed E-state index contributed by atoms with van der Waals surface area (Å²) in [5.74, 6) is 0.0165. The van der Waals surface area contributed by atoms with Gasteiger partial charge in [0.2, 0.25) is 5.95 Å². The lowest BCUT2D eigenvalue weighted by molar-refractivity contribution is 0.208. The first-order chi connectivity index (χ1) is 10.9. The van der Waals surface area contributed by atoms with Crippen LogP contribution in [0.4, 0.5) is 4.39 Å². The van der Waals surface area contributed by atoms with Crippen molar-refractivity contribution in [3.8, 4) is 0 Å². The highest BCUT2D eigenvalue weighted by atomic mass is 19.1. The van der Waals surface area contributed by atoms with Gasteiger partial charge in [-0.15, -0.1) is 0 Å². The number of hydrogen-bond acceptors (Lipinski definition) is 3. The Morgan fingerprint density at radius 2 is 2.13 bits per heavy atom. The lowest BCUT2D eigenvalue weighted by Crippen LogP contribution is -2.35. The minimum absolute atomic E-state index is 0.189. The van der Waals surface area contributed by atoms with Gasteiger partial charge in [0, 0.05) is 44.7 Å². The normalized spacial score (nSPS) is 18.2. The van der Waals surface area contributed by atoms with E-state index in [-0.39, 0.29) is 6.04 Å². The van der Waals surface area contributed by atoms with Gasteiger partial charge < -0.3 is 9.80 Å². The van der Waals surface area contributed by atoms with Gasteiger partial charge in [0.15, 0.2) is 0 Å². The van der Waals surface area contributed by atoms with Gasteiger partial charge >= 0.3 is 0 Å². The van der Waals surface area contributed by atoms with E-state index in [4.69, 9.17) is 0 Å². The van der Waals surface area contributed by atoms with Crippen molar-refractivity contribution < 1.29 is 4.39 Å². The second kappa shape index (κ2) is 7.16. The summed E-state index contributed by atoms with van der Waals surface area (Å²) in [5, 5.41) is 0. The summed E-state index contributed by atoms with van der Waals surface area (Å²) in [7, 11) is 4.22. The number of hydrogen-bond donors (Lipinski definition) is 0. The average molecular weight is 317 g/mol. The minimum atomic E-state index is -0.428. The van der Waals surface area contributed by atoms with E-state index in [0.29, 0.717) is 5.92 Å². The van der Waals surface area contributed by atoms with Crippen molar-refractivity contribution in [1.29, 1.82) is 0 Å². The highest BCUT2D eigenvalue weighted by Gasteiger charge is 2.28. The molecule has 0 radical (unpaired) electrons. The van der Waals surface area contributed by atoms with Gasteiger partial charge in [-0.1, -0.05) is 32.9 Å². The molecule has 1 aromatic heterocycles. The molecule has 23 heavy (non-hydrogen) atoms. The maximum absolute atomic E-state index is 13.2. The molecule has 0 fully saturated rings. The van der Waals surface area contributed by atoms with E-state index in [0.717, 1.165) is 30.6 Å². The molecule has 1 aromatic rings. The summed E-state index contributed by atoms with van der Waals surface area (Å²) >= 11 is 0. The van der Waals surface area contributed by atoms with Gasteiger partial charge in [0.25, 0.3) is 0 Å². The molecule has 0 aromatic carbocycles. The van der Waals surface area contributed by atoms with Gasteiger partial charge in [-0.05, 0) is 30.0 Å². The molecule has 2 atom stereocenters. The lowest BCUT2D eigenvalue weighted by atomic mass is 9.90. The number of pyridine rings is 1. The van der Waals surface area contributed by atoms with Crippen molar-refractivity contribution >= 4 is 0 Å². The molecule has 0 amide bonds. The number of nitrogens with zero attached hydrogens (tertiary/aromatic N) is 3. The molecule has 0 spiro atoms. The summed E-state index contributed by atoms with van der Waals surface area (Å²) in [6.45, 7) is 11.7. The number of likely N-dealkylation sites (N-methyl/N-ethyl adjacent to an activating group) is 1. The lowest BCUT2D eigenvalue weighted by Gasteiger charge is -2.40. The third kappa shape index (κ3) is 3.57. The quantitative estimate of drug-likeness (QED) is 0.752. The molecule has 0 bridgehead atoms. The topological polar surface area (TPSA) is 19.4 Å². The van der Waals surface area contributed by atoms with Crippen LogP contribution in [0.15, 0.2) is 41.9 Å². The Morgan fingerprint density at radius 3 is 2.70 bits per heavy atom. The van der Waals surface area contributed by atoms with Crippen LogP contribution in [0.2, 0.25) is 0 Å². The van der Waals surface area contributed by atoms with E-state index in [1.807, 2.05) is 6.07 Å². The van der Waals surface area contributed by atoms with Gasteiger partial charge in [-0.25, -0.2) is 4.98 Å². The molecule has 2 unspecified atom stereocenters. The monoisotopic (exact) mass is 317 g/mol. The minimum Gasteiger partial charge on any atom is -0.374 e. The molecule has 2 rings (SSSR count). The second-order valence-electron chi connectivity index (χ2n) is 6.55. The fourth-order valence-corrected chi connectivity index (χ4v) is 3.38. The molecule has 4 heteroatoms. The fourth-order valence-electron chi connectivity index (χ4n) is 3.38. The molecule has 0 saturated heterocycles. The maximum atomic E-state index is 13.2. The molecule has 3 nitrogen and oxygen atoms in total. The Kier molecular flexibility index (Phi) is 5.45. The van der Waals surface area contributed by atoms with Crippen molar-refractivity contribution in [2.75, 3.05) is 20.6 Å². The van der Waals surface area contributed by atoms with Crippen molar-refractivity contribution in [3.63, 3.8) is 0 Å². The largest absolute Gasteiger partial charge is 0.374 e. The zero-order chi connectivity index (χ0) is 17.1. The molecule has 0 aliphatic carbocycles. The van der Waals surface area contributed by atoms with Gasteiger partial charge in [0.05, 0.1) is 6.04 Å². The fraction of sp³-hybridized carbons (Fsp3) is 0.526. The summed E-state index contributed by atoms with van der Waals surface area (Å²) in [5.41, 5.74) is 4.71. The smallest absolute Gasteiger partial charge is 0.212 e. The number of halogens is 1. The molecule has 126 valence electrons. The summed E-state index contributed by atoms with van der Waals surface area (Å²) in [4.78, 5) is 8.40. The summed E-state index contributed by atoms with van der Waals surface area (Å²) in [6, 6.07) is 3.50. The van der Waals surface area contributed by atoms with Gasteiger partial charge in [-0.2, -0.15) is 4.39 Å². The third-order valence-electron chi connectivity index (χ3n) is 5.13. The summed E-state index contributed by atoms with van der Waals surface area (Å²) < 4.78 is 13.2. The van der Waals surface area contributed by atoms with Crippen LogP contribution in [0.25, 0.3) is 0 Å². The second-order valence-corrected chi connectivity index (χ2v) is 6.55. The van der Waals surface area contributed by atoms with E-state index in [2.05, 4.69) is 56.2 Å². The highest BCUT2D eigenvalue weighted by molar-refractivity contribution is 5.34. The maximum Gasteiger partial charge on any atom is 0.212 e. The predicted molar refractivity (Wildman–Crippen MR) is 93.2 cm³/mol. The van der Waals surface area contributed by atoms with Crippen LogP contribution in [-0.2, 0) is 0 Å². The molecule has 1 aliphatic heterocycles. The first kappa shape index (κ1) is 17.5. The van der Waals surface area contributed by atoms with Crippen molar-refractivity contribution in [3.05, 3.63) is 53.4 Å². The van der Waals surface area contributed by atoms with Gasteiger partial charge in [-0.3, -0.25) is 0 Å². The SMILES string of the molecule is C=C1C(C)=C(N(C)C(c2ccc(F)nc2)C(C)CC)CCN1C. The molecule has 0 saturated carbocycles. The van der Waals surface area contributed by atoms with Crippen LogP contribution >= 0.6 is 0 Å². The number of rotatable bonds is 5. The standard InChI is InChI=1S/C19H28FN3/c1-7-13(2)19(16-8-9-18(20)21-12-16)23(6)17-10-11-22(5)15(4)14(17)3/h8-9,12-13,19H,4,7,10-11H2,1-3,5-6H3. The zero-order valence-corrected chi connectivity index (χ0v) is 14.9. The van der Waals surface area contributed by atoms with Crippen LogP contribution in [-0.4, -0.2) is 35.4 Å². The van der Waals surface area contributed by atoms with Crippen LogP contribution in [0, 0.1) is 11.9 Å². The molecule has 0 N–H and O–H groups in total. The van der Waals surface area contributed by atoms with Gasteiger partial charge in [0.1, 0.15) is 0 Å². The van der Waals surface area contributed by atoms with Crippen molar-refractivity contribution in [1.82, 2.24) is 14.8 Å². The van der Waals surface area contributed by atoms with Crippen LogP contribution in [0.1, 0.15) is 45.2 Å². The predicted octanol–water partition coefficient (Wildman–Crippen LogP) is 4.36. The molecule has 2 heterocycles.